The van der Waals surface area contributed by atoms with Crippen molar-refractivity contribution < 1.29 is 4.79 Å². The topological polar surface area (TPSA) is 67.2 Å². The first-order chi connectivity index (χ1) is 14.2. The number of benzene rings is 2. The summed E-state index contributed by atoms with van der Waals surface area (Å²) < 4.78 is 1.57. The van der Waals surface area contributed by atoms with E-state index in [0.717, 1.165) is 5.56 Å². The summed E-state index contributed by atoms with van der Waals surface area (Å²) in [5.74, 6) is 0.584. The van der Waals surface area contributed by atoms with Crippen molar-refractivity contribution in [2.75, 3.05) is 0 Å². The second-order valence-electron chi connectivity index (χ2n) is 8.57. The summed E-state index contributed by atoms with van der Waals surface area (Å²) in [6.07, 6.45) is 0.628. The molecule has 30 heavy (non-hydrogen) atoms. The monoisotopic (exact) mass is 406 g/mol. The molecule has 0 bridgehead atoms. The van der Waals surface area contributed by atoms with Gasteiger partial charge in [-0.3, -0.25) is 9.36 Å². The van der Waals surface area contributed by atoms with Crippen molar-refractivity contribution in [3.8, 4) is 0 Å². The minimum Gasteiger partial charge on any atom is -0.333 e. The van der Waals surface area contributed by atoms with Crippen LogP contribution < -0.4 is 10.9 Å². The van der Waals surface area contributed by atoms with E-state index in [9.17, 15) is 9.59 Å². The highest BCUT2D eigenvalue weighted by atomic mass is 16.2. The molecule has 6 nitrogen and oxygen atoms in total. The van der Waals surface area contributed by atoms with Gasteiger partial charge in [0.25, 0.3) is 5.56 Å². The summed E-state index contributed by atoms with van der Waals surface area (Å²) in [4.78, 5) is 32.8. The molecule has 0 aliphatic carbocycles. The maximum atomic E-state index is 13.3. The van der Waals surface area contributed by atoms with Gasteiger partial charge in [0.05, 0.1) is 16.9 Å². The number of hydrogen-bond acceptors (Lipinski definition) is 3. The number of nitrogens with one attached hydrogen (secondary N) is 1. The highest BCUT2D eigenvalue weighted by Gasteiger charge is 2.29. The van der Waals surface area contributed by atoms with Gasteiger partial charge in [0.2, 0.25) is 0 Å². The van der Waals surface area contributed by atoms with Gasteiger partial charge in [-0.1, -0.05) is 49.4 Å². The van der Waals surface area contributed by atoms with Crippen LogP contribution in [0.3, 0.4) is 0 Å². The number of carbonyl (C=O) groups excluding carboxylic acids is 1. The van der Waals surface area contributed by atoms with Crippen LogP contribution >= 0.6 is 0 Å². The second-order valence-corrected chi connectivity index (χ2v) is 8.57. The SMILES string of the molecule is CCC(c1nc2ccccc2c(=O)n1C)N(Cc1ccccc1)C(=O)NC(C)(C)C. The summed E-state index contributed by atoms with van der Waals surface area (Å²) in [7, 11) is 1.72. The number of aromatic nitrogens is 2. The Balaban J connectivity index is 2.10. The third-order valence-corrected chi connectivity index (χ3v) is 5.02. The van der Waals surface area contributed by atoms with E-state index < -0.39 is 0 Å². The molecule has 0 radical (unpaired) electrons. The van der Waals surface area contributed by atoms with Crippen molar-refractivity contribution in [1.82, 2.24) is 19.8 Å². The Bertz CT molecular complexity index is 1080. The molecule has 0 saturated carbocycles. The number of para-hydroxylation sites is 1. The lowest BCUT2D eigenvalue weighted by Gasteiger charge is -2.34. The van der Waals surface area contributed by atoms with Crippen LogP contribution in [0.25, 0.3) is 10.9 Å². The van der Waals surface area contributed by atoms with E-state index >= 15 is 0 Å². The molecule has 1 atom stereocenters. The molecule has 6 heteroatoms. The number of urea groups is 1. The van der Waals surface area contributed by atoms with Crippen molar-refractivity contribution >= 4 is 16.9 Å². The lowest BCUT2D eigenvalue weighted by Crippen LogP contribution is -2.50. The van der Waals surface area contributed by atoms with Gasteiger partial charge in [0, 0.05) is 19.1 Å². The minimum absolute atomic E-state index is 0.107. The van der Waals surface area contributed by atoms with Gasteiger partial charge in [-0.25, -0.2) is 9.78 Å². The number of amides is 2. The van der Waals surface area contributed by atoms with Gasteiger partial charge < -0.3 is 10.2 Å². The van der Waals surface area contributed by atoms with Gasteiger partial charge in [0.15, 0.2) is 0 Å². The molecule has 0 saturated heterocycles. The van der Waals surface area contributed by atoms with Gasteiger partial charge in [-0.05, 0) is 44.9 Å². The Kier molecular flexibility index (Phi) is 6.25. The van der Waals surface area contributed by atoms with Crippen molar-refractivity contribution in [3.05, 3.63) is 76.3 Å². The Labute approximate surface area is 177 Å². The third kappa shape index (κ3) is 4.70. The molecule has 3 rings (SSSR count). The Morgan fingerprint density at radius 2 is 1.73 bits per heavy atom. The van der Waals surface area contributed by atoms with Crippen molar-refractivity contribution in [3.63, 3.8) is 0 Å². The highest BCUT2D eigenvalue weighted by Crippen LogP contribution is 2.26. The minimum atomic E-state index is -0.382. The van der Waals surface area contributed by atoms with Crippen LogP contribution in [-0.4, -0.2) is 26.0 Å². The Hall–Kier alpha value is -3.15. The fraction of sp³-hybridized carbons (Fsp3) is 0.375. The summed E-state index contributed by atoms with van der Waals surface area (Å²) in [6.45, 7) is 8.29. The molecule has 2 amide bonds. The van der Waals surface area contributed by atoms with Gasteiger partial charge in [0.1, 0.15) is 5.82 Å². The van der Waals surface area contributed by atoms with Crippen molar-refractivity contribution in [2.45, 2.75) is 52.2 Å². The maximum absolute atomic E-state index is 13.3. The molecular formula is C24H30N4O2. The predicted molar refractivity (Wildman–Crippen MR) is 120 cm³/mol. The molecule has 0 aliphatic heterocycles. The van der Waals surface area contributed by atoms with Gasteiger partial charge >= 0.3 is 6.03 Å². The highest BCUT2D eigenvalue weighted by molar-refractivity contribution is 5.78. The van der Waals surface area contributed by atoms with Gasteiger partial charge in [-0.15, -0.1) is 0 Å². The normalized spacial score (nSPS) is 12.6. The molecule has 3 aromatic rings. The lowest BCUT2D eigenvalue weighted by molar-refractivity contribution is 0.155. The lowest BCUT2D eigenvalue weighted by atomic mass is 10.1. The van der Waals surface area contributed by atoms with E-state index in [1.165, 1.54) is 0 Å². The molecule has 1 heterocycles. The number of rotatable bonds is 5. The van der Waals surface area contributed by atoms with E-state index in [2.05, 4.69) is 5.32 Å². The summed E-state index contributed by atoms with van der Waals surface area (Å²) in [5, 5.41) is 3.64. The number of nitrogens with zero attached hydrogens (tertiary/aromatic N) is 3. The number of carbonyl (C=O) groups is 1. The fourth-order valence-electron chi connectivity index (χ4n) is 3.57. The third-order valence-electron chi connectivity index (χ3n) is 5.02. The van der Waals surface area contributed by atoms with Crippen LogP contribution in [0.1, 0.15) is 51.5 Å². The van der Waals surface area contributed by atoms with E-state index in [4.69, 9.17) is 4.98 Å². The molecular weight excluding hydrogens is 376 g/mol. The Morgan fingerprint density at radius 1 is 1.10 bits per heavy atom. The molecule has 1 unspecified atom stereocenters. The zero-order valence-electron chi connectivity index (χ0n) is 18.3. The Morgan fingerprint density at radius 3 is 2.37 bits per heavy atom. The molecule has 158 valence electrons. The number of hydrogen-bond donors (Lipinski definition) is 1. The molecule has 0 fully saturated rings. The van der Waals surface area contributed by atoms with Crippen molar-refractivity contribution in [2.24, 2.45) is 7.05 Å². The van der Waals surface area contributed by atoms with Crippen molar-refractivity contribution in [1.29, 1.82) is 0 Å². The zero-order valence-corrected chi connectivity index (χ0v) is 18.3. The van der Waals surface area contributed by atoms with E-state index in [1.807, 2.05) is 76.2 Å². The second kappa shape index (κ2) is 8.69. The van der Waals surface area contributed by atoms with Crippen LogP contribution in [0.5, 0.6) is 0 Å². The molecule has 0 spiro atoms. The fourth-order valence-corrected chi connectivity index (χ4v) is 3.57. The van der Waals surface area contributed by atoms with E-state index in [1.54, 1.807) is 22.6 Å². The van der Waals surface area contributed by atoms with E-state index in [0.29, 0.717) is 29.7 Å². The first-order valence-electron chi connectivity index (χ1n) is 10.3. The molecule has 0 aliphatic rings. The number of fused-ring (bicyclic) bond motifs is 1. The summed E-state index contributed by atoms with van der Waals surface area (Å²) >= 11 is 0. The van der Waals surface area contributed by atoms with Crippen LogP contribution in [0, 0.1) is 0 Å². The first kappa shape index (κ1) is 21.6. The van der Waals surface area contributed by atoms with Gasteiger partial charge in [-0.2, -0.15) is 0 Å². The van der Waals surface area contributed by atoms with E-state index in [-0.39, 0.29) is 23.2 Å². The largest absolute Gasteiger partial charge is 0.333 e. The molecule has 1 N–H and O–H groups in total. The van der Waals surface area contributed by atoms with Crippen LogP contribution in [0.2, 0.25) is 0 Å². The van der Waals surface area contributed by atoms with Crippen LogP contribution in [0.15, 0.2) is 59.4 Å². The standard InChI is InChI=1S/C24H30N4O2/c1-6-20(21-25-19-15-11-10-14-18(19)22(29)27(21)5)28(23(30)26-24(2,3)4)16-17-12-8-7-9-13-17/h7-15,20H,6,16H2,1-5H3,(H,26,30). The maximum Gasteiger partial charge on any atom is 0.318 e. The summed E-state index contributed by atoms with van der Waals surface area (Å²) in [6, 6.07) is 16.7. The average molecular weight is 407 g/mol. The molecule has 1 aromatic heterocycles. The molecule has 2 aromatic carbocycles. The smallest absolute Gasteiger partial charge is 0.318 e. The summed E-state index contributed by atoms with van der Waals surface area (Å²) in [5.41, 5.74) is 1.17. The van der Waals surface area contributed by atoms with Crippen LogP contribution in [0.4, 0.5) is 4.79 Å². The quantitative estimate of drug-likeness (QED) is 0.683. The predicted octanol–water partition coefficient (Wildman–Crippen LogP) is 4.39. The zero-order chi connectivity index (χ0) is 21.9. The van der Waals surface area contributed by atoms with Crippen LogP contribution in [-0.2, 0) is 13.6 Å². The average Bonchev–Trinajstić information content (AvgIpc) is 2.71. The first-order valence-corrected chi connectivity index (χ1v) is 10.3.